The highest BCUT2D eigenvalue weighted by atomic mass is 16.2. The van der Waals surface area contributed by atoms with E-state index in [4.69, 9.17) is 5.73 Å². The van der Waals surface area contributed by atoms with Gasteiger partial charge >= 0.3 is 0 Å². The van der Waals surface area contributed by atoms with Crippen LogP contribution in [0.25, 0.3) is 0 Å². The van der Waals surface area contributed by atoms with Gasteiger partial charge in [0.15, 0.2) is 0 Å². The molecule has 4 heteroatoms. The van der Waals surface area contributed by atoms with Crippen molar-refractivity contribution in [2.75, 3.05) is 0 Å². The van der Waals surface area contributed by atoms with Crippen molar-refractivity contribution in [1.82, 2.24) is 5.32 Å². The number of amides is 2. The van der Waals surface area contributed by atoms with Crippen molar-refractivity contribution >= 4 is 11.8 Å². The van der Waals surface area contributed by atoms with Crippen molar-refractivity contribution in [3.63, 3.8) is 0 Å². The van der Waals surface area contributed by atoms with Gasteiger partial charge in [-0.25, -0.2) is 0 Å². The summed E-state index contributed by atoms with van der Waals surface area (Å²) in [4.78, 5) is 20.5. The van der Waals surface area contributed by atoms with Crippen LogP contribution >= 0.6 is 0 Å². The Morgan fingerprint density at radius 2 is 1.73 bits per heavy atom. The fraction of sp³-hybridized carbons (Fsp3) is 0.714. The number of primary amides is 1. The van der Waals surface area contributed by atoms with Crippen LogP contribution in [0.15, 0.2) is 0 Å². The van der Waals surface area contributed by atoms with E-state index in [1.807, 2.05) is 13.8 Å². The van der Waals surface area contributed by atoms with Gasteiger partial charge in [0.25, 0.3) is 0 Å². The Hall–Kier alpha value is -1.06. The largest absolute Gasteiger partial charge is 0.368 e. The maximum atomic E-state index is 10.2. The van der Waals surface area contributed by atoms with E-state index in [1.165, 1.54) is 13.8 Å². The summed E-state index contributed by atoms with van der Waals surface area (Å²) in [6.07, 6.45) is 0. The molecule has 0 radical (unpaired) electrons. The number of carbonyl (C=O) groups excluding carboxylic acids is 2. The van der Waals surface area contributed by atoms with E-state index < -0.39 is 11.9 Å². The second kappa shape index (κ2) is 7.05. The van der Waals surface area contributed by atoms with Gasteiger partial charge in [0.1, 0.15) is 6.04 Å². The van der Waals surface area contributed by atoms with Crippen LogP contribution in [-0.4, -0.2) is 17.9 Å². The summed E-state index contributed by atoms with van der Waals surface area (Å²) in [6, 6.07) is -0.567. The summed E-state index contributed by atoms with van der Waals surface area (Å²) in [5.41, 5.74) is 4.83. The van der Waals surface area contributed by atoms with E-state index in [0.717, 1.165) is 0 Å². The van der Waals surface area contributed by atoms with Gasteiger partial charge < -0.3 is 11.1 Å². The van der Waals surface area contributed by atoms with Gasteiger partial charge in [-0.15, -0.1) is 0 Å². The summed E-state index contributed by atoms with van der Waals surface area (Å²) >= 11 is 0. The highest BCUT2D eigenvalue weighted by Gasteiger charge is 2.07. The number of hydrogen-bond acceptors (Lipinski definition) is 2. The smallest absolute Gasteiger partial charge is 0.239 e. The third-order valence-corrected chi connectivity index (χ3v) is 0.847. The van der Waals surface area contributed by atoms with Crippen molar-refractivity contribution in [3.05, 3.63) is 0 Å². The van der Waals surface area contributed by atoms with E-state index in [9.17, 15) is 9.59 Å². The summed E-state index contributed by atoms with van der Waals surface area (Å²) in [5, 5.41) is 2.33. The van der Waals surface area contributed by atoms with Gasteiger partial charge in [-0.1, -0.05) is 13.8 Å². The number of rotatable bonds is 2. The second-order valence-electron chi connectivity index (χ2n) is 1.82. The number of nitrogens with two attached hydrogens (primary N) is 1. The minimum Gasteiger partial charge on any atom is -0.368 e. The standard InChI is InChI=1S/C5H10N2O2.C2H6/c1-3(5(6)9)7-4(2)8;1-2/h3H,1-2H3,(H2,6,9)(H,7,8);1-2H3. The topological polar surface area (TPSA) is 72.2 Å². The van der Waals surface area contributed by atoms with Crippen molar-refractivity contribution in [1.29, 1.82) is 0 Å². The SMILES string of the molecule is CC.CC(=O)NC(C)C(N)=O. The Morgan fingerprint density at radius 1 is 1.36 bits per heavy atom. The molecule has 0 bridgehead atoms. The average Bonchev–Trinajstić information content (AvgIpc) is 1.90. The van der Waals surface area contributed by atoms with Crippen LogP contribution in [-0.2, 0) is 9.59 Å². The molecule has 0 rings (SSSR count). The third-order valence-electron chi connectivity index (χ3n) is 0.847. The summed E-state index contributed by atoms with van der Waals surface area (Å²) in [5.74, 6) is -0.772. The second-order valence-corrected chi connectivity index (χ2v) is 1.82. The lowest BCUT2D eigenvalue weighted by molar-refractivity contribution is -0.125. The van der Waals surface area contributed by atoms with E-state index in [-0.39, 0.29) is 5.91 Å². The Labute approximate surface area is 67.1 Å². The number of carbonyl (C=O) groups is 2. The van der Waals surface area contributed by atoms with Crippen LogP contribution in [0.5, 0.6) is 0 Å². The van der Waals surface area contributed by atoms with Crippen LogP contribution in [0.4, 0.5) is 0 Å². The molecule has 0 saturated carbocycles. The molecule has 0 aromatic rings. The Kier molecular flexibility index (Phi) is 8.08. The molecule has 3 N–H and O–H groups in total. The molecule has 0 spiro atoms. The van der Waals surface area contributed by atoms with E-state index in [2.05, 4.69) is 5.32 Å². The molecule has 0 aromatic heterocycles. The highest BCUT2D eigenvalue weighted by molar-refractivity contribution is 5.85. The Morgan fingerprint density at radius 3 is 1.82 bits per heavy atom. The minimum absolute atomic E-state index is 0.249. The van der Waals surface area contributed by atoms with Gasteiger partial charge in [-0.3, -0.25) is 9.59 Å². The number of hydrogen-bond donors (Lipinski definition) is 2. The molecule has 0 saturated heterocycles. The van der Waals surface area contributed by atoms with Crippen LogP contribution in [0.2, 0.25) is 0 Å². The molecular weight excluding hydrogens is 144 g/mol. The molecule has 0 aliphatic heterocycles. The zero-order valence-corrected chi connectivity index (χ0v) is 7.47. The van der Waals surface area contributed by atoms with E-state index >= 15 is 0 Å². The summed E-state index contributed by atoms with van der Waals surface area (Å²) in [7, 11) is 0. The average molecular weight is 160 g/mol. The molecule has 66 valence electrons. The predicted molar refractivity (Wildman–Crippen MR) is 43.8 cm³/mol. The van der Waals surface area contributed by atoms with Crippen molar-refractivity contribution < 1.29 is 9.59 Å². The minimum atomic E-state index is -0.567. The van der Waals surface area contributed by atoms with Crippen LogP contribution < -0.4 is 11.1 Å². The lowest BCUT2D eigenvalue weighted by atomic mass is 10.3. The third kappa shape index (κ3) is 8.94. The van der Waals surface area contributed by atoms with Crippen molar-refractivity contribution in [2.24, 2.45) is 5.73 Å². The lowest BCUT2D eigenvalue weighted by Gasteiger charge is -2.05. The zero-order chi connectivity index (χ0) is 9.44. The molecule has 2 amide bonds. The Balaban J connectivity index is 0. The van der Waals surface area contributed by atoms with Gasteiger partial charge in [-0.2, -0.15) is 0 Å². The molecule has 0 aliphatic carbocycles. The normalized spacial score (nSPS) is 10.5. The fourth-order valence-corrected chi connectivity index (χ4v) is 0.376. The first-order valence-electron chi connectivity index (χ1n) is 3.60. The molecule has 1 atom stereocenters. The van der Waals surface area contributed by atoms with E-state index in [1.54, 1.807) is 0 Å². The van der Waals surface area contributed by atoms with Crippen LogP contribution in [0.3, 0.4) is 0 Å². The van der Waals surface area contributed by atoms with Crippen molar-refractivity contribution in [2.45, 2.75) is 33.7 Å². The molecule has 11 heavy (non-hydrogen) atoms. The predicted octanol–water partition coefficient (Wildman–Crippen LogP) is 0.0225. The van der Waals surface area contributed by atoms with Crippen LogP contribution in [0.1, 0.15) is 27.7 Å². The highest BCUT2D eigenvalue weighted by Crippen LogP contribution is 1.76. The Bertz CT molecular complexity index is 134. The van der Waals surface area contributed by atoms with Crippen LogP contribution in [0, 0.1) is 0 Å². The maximum absolute atomic E-state index is 10.2. The molecular formula is C7H16N2O2. The summed E-state index contributed by atoms with van der Waals surface area (Å²) in [6.45, 7) is 6.86. The first-order valence-corrected chi connectivity index (χ1v) is 3.60. The van der Waals surface area contributed by atoms with Gasteiger partial charge in [-0.05, 0) is 6.92 Å². The fourth-order valence-electron chi connectivity index (χ4n) is 0.376. The monoisotopic (exact) mass is 160 g/mol. The zero-order valence-electron chi connectivity index (χ0n) is 7.47. The first kappa shape index (κ1) is 12.6. The lowest BCUT2D eigenvalue weighted by Crippen LogP contribution is -2.41. The number of nitrogens with one attached hydrogen (secondary N) is 1. The van der Waals surface area contributed by atoms with Gasteiger partial charge in [0, 0.05) is 6.92 Å². The van der Waals surface area contributed by atoms with Gasteiger partial charge in [0.05, 0.1) is 0 Å². The summed E-state index contributed by atoms with van der Waals surface area (Å²) < 4.78 is 0. The molecule has 1 unspecified atom stereocenters. The molecule has 0 aromatic carbocycles. The molecule has 0 fully saturated rings. The van der Waals surface area contributed by atoms with Crippen molar-refractivity contribution in [3.8, 4) is 0 Å². The quantitative estimate of drug-likeness (QED) is 0.597. The first-order chi connectivity index (χ1) is 5.04. The molecule has 4 nitrogen and oxygen atoms in total. The molecule has 0 heterocycles. The maximum Gasteiger partial charge on any atom is 0.239 e. The molecule has 0 aliphatic rings. The van der Waals surface area contributed by atoms with E-state index in [0.29, 0.717) is 0 Å². The van der Waals surface area contributed by atoms with Gasteiger partial charge in [0.2, 0.25) is 11.8 Å².